The standard InChI is InChI=1S/C17H15ClN2O3S/c1-3-23-17(21)16-15(11-6-7-19-9-14(11)24-16)20-10-4-5-12(18)13(8-10)22-2/h4-9,20H,3H2,1-2H3. The summed E-state index contributed by atoms with van der Waals surface area (Å²) in [6.07, 6.45) is 3.42. The van der Waals surface area contributed by atoms with Crippen molar-refractivity contribution in [3.05, 3.63) is 46.6 Å². The molecule has 0 radical (unpaired) electrons. The van der Waals surface area contributed by atoms with Crippen LogP contribution in [-0.2, 0) is 4.74 Å². The molecule has 2 aromatic heterocycles. The number of carbonyl (C=O) groups excluding carboxylic acids is 1. The van der Waals surface area contributed by atoms with Gasteiger partial charge in [0.1, 0.15) is 10.6 Å². The van der Waals surface area contributed by atoms with E-state index in [2.05, 4.69) is 10.3 Å². The summed E-state index contributed by atoms with van der Waals surface area (Å²) in [5.74, 6) is 0.197. The van der Waals surface area contributed by atoms with Crippen LogP contribution in [0.1, 0.15) is 16.6 Å². The lowest BCUT2D eigenvalue weighted by atomic mass is 10.2. The SMILES string of the molecule is CCOC(=O)c1sc2cnccc2c1Nc1ccc(Cl)c(OC)c1. The Kier molecular flexibility index (Phi) is 4.87. The minimum Gasteiger partial charge on any atom is -0.495 e. The number of aromatic nitrogens is 1. The third-order valence-electron chi connectivity index (χ3n) is 3.37. The molecule has 24 heavy (non-hydrogen) atoms. The molecule has 1 aromatic carbocycles. The maximum Gasteiger partial charge on any atom is 0.350 e. The summed E-state index contributed by atoms with van der Waals surface area (Å²) in [5.41, 5.74) is 1.46. The number of halogens is 1. The number of hydrogen-bond donors (Lipinski definition) is 1. The first kappa shape index (κ1) is 16.5. The maximum atomic E-state index is 12.3. The highest BCUT2D eigenvalue weighted by molar-refractivity contribution is 7.21. The average Bonchev–Trinajstić information content (AvgIpc) is 2.95. The van der Waals surface area contributed by atoms with Crippen LogP contribution in [0.5, 0.6) is 5.75 Å². The summed E-state index contributed by atoms with van der Waals surface area (Å²) in [5, 5.41) is 4.71. The Morgan fingerprint density at radius 2 is 2.21 bits per heavy atom. The maximum absolute atomic E-state index is 12.3. The Balaban J connectivity index is 2.07. The van der Waals surface area contributed by atoms with Gasteiger partial charge in [-0.1, -0.05) is 11.6 Å². The smallest absolute Gasteiger partial charge is 0.350 e. The Hall–Kier alpha value is -2.31. The van der Waals surface area contributed by atoms with Gasteiger partial charge in [-0.2, -0.15) is 0 Å². The van der Waals surface area contributed by atoms with Crippen LogP contribution in [0.25, 0.3) is 10.1 Å². The van der Waals surface area contributed by atoms with E-state index in [-0.39, 0.29) is 5.97 Å². The van der Waals surface area contributed by atoms with Gasteiger partial charge >= 0.3 is 5.97 Å². The van der Waals surface area contributed by atoms with Crippen LogP contribution < -0.4 is 10.1 Å². The fourth-order valence-electron chi connectivity index (χ4n) is 2.30. The van der Waals surface area contributed by atoms with Gasteiger partial charge in [0.15, 0.2) is 0 Å². The van der Waals surface area contributed by atoms with Gasteiger partial charge in [0.2, 0.25) is 0 Å². The Bertz CT molecular complexity index is 895. The molecule has 0 spiro atoms. The van der Waals surface area contributed by atoms with Gasteiger partial charge in [-0.15, -0.1) is 11.3 Å². The van der Waals surface area contributed by atoms with E-state index < -0.39 is 0 Å². The lowest BCUT2D eigenvalue weighted by Gasteiger charge is -2.10. The quantitative estimate of drug-likeness (QED) is 0.655. The van der Waals surface area contributed by atoms with E-state index in [1.165, 1.54) is 11.3 Å². The number of carbonyl (C=O) groups is 1. The van der Waals surface area contributed by atoms with Crippen molar-refractivity contribution in [1.82, 2.24) is 4.98 Å². The molecule has 0 saturated carbocycles. The Labute approximate surface area is 148 Å². The van der Waals surface area contributed by atoms with Crippen molar-refractivity contribution in [3.8, 4) is 5.75 Å². The lowest BCUT2D eigenvalue weighted by Crippen LogP contribution is -2.05. The second kappa shape index (κ2) is 7.07. The monoisotopic (exact) mass is 362 g/mol. The number of hydrogen-bond acceptors (Lipinski definition) is 6. The van der Waals surface area contributed by atoms with Crippen molar-refractivity contribution < 1.29 is 14.3 Å². The average molecular weight is 363 g/mol. The predicted octanol–water partition coefficient (Wildman–Crippen LogP) is 4.88. The topological polar surface area (TPSA) is 60.5 Å². The van der Waals surface area contributed by atoms with Gasteiger partial charge in [0.25, 0.3) is 0 Å². The molecule has 0 atom stereocenters. The molecule has 1 N–H and O–H groups in total. The molecular formula is C17H15ClN2O3S. The molecule has 0 aliphatic carbocycles. The first-order chi connectivity index (χ1) is 11.6. The van der Waals surface area contributed by atoms with Crippen LogP contribution in [0.15, 0.2) is 36.7 Å². The normalized spacial score (nSPS) is 10.6. The van der Waals surface area contributed by atoms with Gasteiger partial charge < -0.3 is 14.8 Å². The number of thiophene rings is 1. The highest BCUT2D eigenvalue weighted by Crippen LogP contribution is 2.38. The third kappa shape index (κ3) is 3.16. The number of nitrogens with zero attached hydrogens (tertiary/aromatic N) is 1. The minimum atomic E-state index is -0.359. The van der Waals surface area contributed by atoms with Gasteiger partial charge in [0.05, 0.1) is 29.1 Å². The summed E-state index contributed by atoms with van der Waals surface area (Å²) in [4.78, 5) is 16.9. The Morgan fingerprint density at radius 1 is 1.38 bits per heavy atom. The van der Waals surface area contributed by atoms with E-state index in [1.54, 1.807) is 38.6 Å². The zero-order chi connectivity index (χ0) is 17.1. The van der Waals surface area contributed by atoms with Crippen molar-refractivity contribution >= 4 is 50.4 Å². The molecule has 2 heterocycles. The molecule has 0 bridgehead atoms. The number of pyridine rings is 1. The van der Waals surface area contributed by atoms with Crippen LogP contribution in [-0.4, -0.2) is 24.7 Å². The van der Waals surface area contributed by atoms with Crippen LogP contribution in [0.3, 0.4) is 0 Å². The zero-order valence-corrected chi connectivity index (χ0v) is 14.7. The summed E-state index contributed by atoms with van der Waals surface area (Å²) in [6.45, 7) is 2.10. The molecule has 0 saturated heterocycles. The largest absolute Gasteiger partial charge is 0.495 e. The van der Waals surface area contributed by atoms with Crippen molar-refractivity contribution in [3.63, 3.8) is 0 Å². The molecular weight excluding hydrogens is 348 g/mol. The molecule has 3 rings (SSSR count). The van der Waals surface area contributed by atoms with Crippen LogP contribution in [0.4, 0.5) is 11.4 Å². The summed E-state index contributed by atoms with van der Waals surface area (Å²) in [7, 11) is 1.56. The van der Waals surface area contributed by atoms with E-state index in [9.17, 15) is 4.79 Å². The van der Waals surface area contributed by atoms with Crippen molar-refractivity contribution in [1.29, 1.82) is 0 Å². The number of benzene rings is 1. The van der Waals surface area contributed by atoms with E-state index in [0.29, 0.717) is 27.9 Å². The molecule has 0 aliphatic heterocycles. The predicted molar refractivity (Wildman–Crippen MR) is 96.9 cm³/mol. The number of fused-ring (bicyclic) bond motifs is 1. The fourth-order valence-corrected chi connectivity index (χ4v) is 3.51. The molecule has 5 nitrogen and oxygen atoms in total. The van der Waals surface area contributed by atoms with E-state index in [0.717, 1.165) is 15.8 Å². The highest BCUT2D eigenvalue weighted by Gasteiger charge is 2.20. The molecule has 0 aliphatic rings. The van der Waals surface area contributed by atoms with Gasteiger partial charge in [0, 0.05) is 29.5 Å². The second-order valence-electron chi connectivity index (χ2n) is 4.87. The van der Waals surface area contributed by atoms with Gasteiger partial charge in [-0.25, -0.2) is 4.79 Å². The summed E-state index contributed by atoms with van der Waals surface area (Å²) < 4.78 is 11.3. The molecule has 0 unspecified atom stereocenters. The molecule has 7 heteroatoms. The van der Waals surface area contributed by atoms with E-state index >= 15 is 0 Å². The van der Waals surface area contributed by atoms with E-state index in [4.69, 9.17) is 21.1 Å². The lowest BCUT2D eigenvalue weighted by molar-refractivity contribution is 0.0533. The van der Waals surface area contributed by atoms with Crippen LogP contribution in [0, 0.1) is 0 Å². The number of ether oxygens (including phenoxy) is 2. The first-order valence-corrected chi connectivity index (χ1v) is 8.47. The second-order valence-corrected chi connectivity index (χ2v) is 6.33. The van der Waals surface area contributed by atoms with Crippen LogP contribution in [0.2, 0.25) is 5.02 Å². The molecule has 3 aromatic rings. The molecule has 124 valence electrons. The van der Waals surface area contributed by atoms with Crippen molar-refractivity contribution in [2.45, 2.75) is 6.92 Å². The molecule has 0 fully saturated rings. The van der Waals surface area contributed by atoms with Gasteiger partial charge in [-0.3, -0.25) is 4.98 Å². The fraction of sp³-hybridized carbons (Fsp3) is 0.176. The highest BCUT2D eigenvalue weighted by atomic mass is 35.5. The van der Waals surface area contributed by atoms with Gasteiger partial charge in [-0.05, 0) is 25.1 Å². The Morgan fingerprint density at radius 3 is 2.96 bits per heavy atom. The summed E-state index contributed by atoms with van der Waals surface area (Å²) in [6, 6.07) is 7.21. The van der Waals surface area contributed by atoms with Crippen LogP contribution >= 0.6 is 22.9 Å². The number of esters is 1. The molecule has 0 amide bonds. The van der Waals surface area contributed by atoms with E-state index in [1.807, 2.05) is 12.1 Å². The van der Waals surface area contributed by atoms with Crippen molar-refractivity contribution in [2.24, 2.45) is 0 Å². The number of rotatable bonds is 5. The van der Waals surface area contributed by atoms with Crippen molar-refractivity contribution in [2.75, 3.05) is 19.0 Å². The number of anilines is 2. The third-order valence-corrected chi connectivity index (χ3v) is 4.81. The summed E-state index contributed by atoms with van der Waals surface area (Å²) >= 11 is 7.41. The number of methoxy groups -OCH3 is 1. The first-order valence-electron chi connectivity index (χ1n) is 7.28. The minimum absolute atomic E-state index is 0.319. The zero-order valence-electron chi connectivity index (χ0n) is 13.1. The number of nitrogens with one attached hydrogen (secondary N) is 1.